The Morgan fingerprint density at radius 1 is 1.59 bits per heavy atom. The first-order valence-electron chi connectivity index (χ1n) is 5.56. The fraction of sp³-hybridized carbons (Fsp3) is 0.500. The normalized spacial score (nSPS) is 12.6. The van der Waals surface area contributed by atoms with Gasteiger partial charge >= 0.3 is 0 Å². The summed E-state index contributed by atoms with van der Waals surface area (Å²) in [6.45, 7) is 4.01. The highest BCUT2D eigenvalue weighted by Crippen LogP contribution is 2.25. The number of nitrogens with one attached hydrogen (secondary N) is 2. The summed E-state index contributed by atoms with van der Waals surface area (Å²) in [5.74, 6) is 1.58. The van der Waals surface area contributed by atoms with Crippen LogP contribution in [0.5, 0.6) is 0 Å². The Kier molecular flexibility index (Phi) is 2.99. The summed E-state index contributed by atoms with van der Waals surface area (Å²) in [4.78, 5) is 4.10. The second-order valence-corrected chi connectivity index (χ2v) is 3.92. The number of nitrogens with zero attached hydrogens (tertiary/aromatic N) is 4. The van der Waals surface area contributed by atoms with Crippen molar-refractivity contribution < 1.29 is 0 Å². The van der Waals surface area contributed by atoms with Crippen LogP contribution in [0.25, 0.3) is 0 Å². The van der Waals surface area contributed by atoms with Crippen molar-refractivity contribution in [1.82, 2.24) is 25.0 Å². The Bertz CT molecular complexity index is 485. The van der Waals surface area contributed by atoms with Crippen molar-refractivity contribution in [3.05, 3.63) is 17.8 Å². The Hall–Kier alpha value is -2.05. The smallest absolute Gasteiger partial charge is 0.148 e. The maximum atomic E-state index is 6.02. The minimum absolute atomic E-state index is 0.0000869. The second kappa shape index (κ2) is 4.44. The minimum Gasteiger partial charge on any atom is -0.394 e. The largest absolute Gasteiger partial charge is 0.394 e. The van der Waals surface area contributed by atoms with Gasteiger partial charge in [0.25, 0.3) is 0 Å². The molecule has 1 atom stereocenters. The van der Waals surface area contributed by atoms with Gasteiger partial charge in [0, 0.05) is 7.05 Å². The van der Waals surface area contributed by atoms with E-state index in [0.717, 1.165) is 23.8 Å². The molecule has 17 heavy (non-hydrogen) atoms. The van der Waals surface area contributed by atoms with Crippen LogP contribution in [0.2, 0.25) is 0 Å². The average Bonchev–Trinajstić information content (AvgIpc) is 2.92. The highest BCUT2D eigenvalue weighted by atomic mass is 15.3. The lowest BCUT2D eigenvalue weighted by molar-refractivity contribution is 0.722. The first kappa shape index (κ1) is 11.4. The van der Waals surface area contributed by atoms with Crippen molar-refractivity contribution in [1.29, 1.82) is 0 Å². The third-order valence-electron chi connectivity index (χ3n) is 2.69. The molecule has 0 saturated heterocycles. The molecule has 0 amide bonds. The molecular weight excluding hydrogens is 218 g/mol. The molecule has 1 unspecified atom stereocenters. The van der Waals surface area contributed by atoms with E-state index in [1.807, 2.05) is 20.9 Å². The van der Waals surface area contributed by atoms with Crippen LogP contribution in [0.15, 0.2) is 6.33 Å². The molecule has 7 nitrogen and oxygen atoms in total. The van der Waals surface area contributed by atoms with Crippen molar-refractivity contribution in [2.24, 2.45) is 7.05 Å². The highest BCUT2D eigenvalue weighted by Gasteiger charge is 2.15. The first-order valence-corrected chi connectivity index (χ1v) is 5.56. The number of nitrogens with two attached hydrogens (primary N) is 1. The van der Waals surface area contributed by atoms with Gasteiger partial charge in [-0.15, -0.1) is 0 Å². The number of hydrogen-bond donors (Lipinski definition) is 3. The van der Waals surface area contributed by atoms with Gasteiger partial charge in [-0.25, -0.2) is 4.98 Å². The monoisotopic (exact) mass is 235 g/mol. The van der Waals surface area contributed by atoms with Crippen LogP contribution in [0.1, 0.15) is 31.4 Å². The third kappa shape index (κ3) is 2.08. The Labute approximate surface area is 99.4 Å². The van der Waals surface area contributed by atoms with E-state index in [4.69, 9.17) is 5.73 Å². The number of anilines is 2. The van der Waals surface area contributed by atoms with Gasteiger partial charge in [-0.2, -0.15) is 10.2 Å². The number of nitrogen functional groups attached to an aromatic ring is 1. The predicted molar refractivity (Wildman–Crippen MR) is 65.4 cm³/mol. The maximum Gasteiger partial charge on any atom is 0.148 e. The van der Waals surface area contributed by atoms with E-state index in [9.17, 15) is 0 Å². The van der Waals surface area contributed by atoms with E-state index in [0.29, 0.717) is 5.69 Å². The maximum absolute atomic E-state index is 6.02. The molecule has 0 saturated carbocycles. The number of rotatable bonds is 4. The molecule has 0 aliphatic heterocycles. The molecular formula is C10H17N7. The minimum atomic E-state index is -0.0000869. The summed E-state index contributed by atoms with van der Waals surface area (Å²) in [5, 5.41) is 14.3. The van der Waals surface area contributed by atoms with Crippen LogP contribution < -0.4 is 11.1 Å². The summed E-state index contributed by atoms with van der Waals surface area (Å²) >= 11 is 0. The molecule has 0 aliphatic rings. The number of aryl methyl sites for hydroxylation is 2. The van der Waals surface area contributed by atoms with Gasteiger partial charge in [0.2, 0.25) is 0 Å². The zero-order valence-corrected chi connectivity index (χ0v) is 10.2. The lowest BCUT2D eigenvalue weighted by Gasteiger charge is -2.13. The molecule has 0 bridgehead atoms. The molecule has 0 fully saturated rings. The van der Waals surface area contributed by atoms with Crippen molar-refractivity contribution in [3.8, 4) is 0 Å². The lowest BCUT2D eigenvalue weighted by Crippen LogP contribution is -2.12. The van der Waals surface area contributed by atoms with Gasteiger partial charge in [0.1, 0.15) is 18.0 Å². The topological polar surface area (TPSA) is 97.4 Å². The molecule has 2 aromatic rings. The predicted octanol–water partition coefficient (Wildman–Crippen LogP) is 0.856. The van der Waals surface area contributed by atoms with Gasteiger partial charge in [0.15, 0.2) is 0 Å². The Balaban J connectivity index is 2.21. The van der Waals surface area contributed by atoms with Crippen molar-refractivity contribution >= 4 is 11.5 Å². The standard InChI is InChI=1S/C10H17N7/c1-4-7-8(11)10(17(3)16-7)14-6(2)9-12-5-13-15-9/h5-6,14H,4,11H2,1-3H3,(H,12,13,15). The molecule has 2 aromatic heterocycles. The van der Waals surface area contributed by atoms with Gasteiger partial charge in [0.05, 0.1) is 17.4 Å². The molecule has 92 valence electrons. The number of hydrogen-bond acceptors (Lipinski definition) is 5. The SMILES string of the molecule is CCc1nn(C)c(NC(C)c2ncn[nH]2)c1N. The molecule has 0 spiro atoms. The summed E-state index contributed by atoms with van der Waals surface area (Å²) in [7, 11) is 1.87. The van der Waals surface area contributed by atoms with Crippen LogP contribution in [0.4, 0.5) is 11.5 Å². The van der Waals surface area contributed by atoms with E-state index in [1.165, 1.54) is 6.33 Å². The highest BCUT2D eigenvalue weighted by molar-refractivity contribution is 5.65. The number of aromatic amines is 1. The summed E-state index contributed by atoms with van der Waals surface area (Å²) in [5.41, 5.74) is 7.62. The fourth-order valence-electron chi connectivity index (χ4n) is 1.73. The molecule has 4 N–H and O–H groups in total. The zero-order valence-electron chi connectivity index (χ0n) is 10.2. The molecule has 2 rings (SSSR count). The molecule has 7 heteroatoms. The summed E-state index contributed by atoms with van der Waals surface area (Å²) < 4.78 is 1.75. The molecule has 0 aromatic carbocycles. The molecule has 0 aliphatic carbocycles. The van der Waals surface area contributed by atoms with Crippen molar-refractivity contribution in [2.45, 2.75) is 26.3 Å². The second-order valence-electron chi connectivity index (χ2n) is 3.92. The Morgan fingerprint density at radius 2 is 2.35 bits per heavy atom. The fourth-order valence-corrected chi connectivity index (χ4v) is 1.73. The average molecular weight is 235 g/mol. The van der Waals surface area contributed by atoms with Gasteiger partial charge in [-0.3, -0.25) is 9.78 Å². The first-order chi connectivity index (χ1) is 8.13. The summed E-state index contributed by atoms with van der Waals surface area (Å²) in [6.07, 6.45) is 2.30. The molecule has 0 radical (unpaired) electrons. The van der Waals surface area contributed by atoms with Crippen molar-refractivity contribution in [2.75, 3.05) is 11.1 Å². The van der Waals surface area contributed by atoms with Crippen LogP contribution >= 0.6 is 0 Å². The van der Waals surface area contributed by atoms with E-state index in [-0.39, 0.29) is 6.04 Å². The summed E-state index contributed by atoms with van der Waals surface area (Å²) in [6, 6.07) is -0.0000869. The van der Waals surface area contributed by atoms with Crippen LogP contribution in [0, 0.1) is 0 Å². The van der Waals surface area contributed by atoms with E-state index in [1.54, 1.807) is 4.68 Å². The lowest BCUT2D eigenvalue weighted by atomic mass is 10.2. The van der Waals surface area contributed by atoms with Gasteiger partial charge < -0.3 is 11.1 Å². The van der Waals surface area contributed by atoms with Gasteiger partial charge in [-0.1, -0.05) is 6.92 Å². The van der Waals surface area contributed by atoms with Crippen molar-refractivity contribution in [3.63, 3.8) is 0 Å². The van der Waals surface area contributed by atoms with Gasteiger partial charge in [-0.05, 0) is 13.3 Å². The number of H-pyrrole nitrogens is 1. The van der Waals surface area contributed by atoms with E-state index in [2.05, 4.69) is 25.6 Å². The number of aromatic nitrogens is 5. The van der Waals surface area contributed by atoms with Crippen LogP contribution in [-0.4, -0.2) is 25.0 Å². The quantitative estimate of drug-likeness (QED) is 0.730. The van der Waals surface area contributed by atoms with Crippen LogP contribution in [-0.2, 0) is 13.5 Å². The molecule has 2 heterocycles. The van der Waals surface area contributed by atoms with E-state index >= 15 is 0 Å². The third-order valence-corrected chi connectivity index (χ3v) is 2.69. The van der Waals surface area contributed by atoms with E-state index < -0.39 is 0 Å². The Morgan fingerprint density at radius 3 is 2.88 bits per heavy atom. The van der Waals surface area contributed by atoms with Crippen LogP contribution in [0.3, 0.4) is 0 Å². The zero-order chi connectivity index (χ0) is 12.4.